The molecular weight excluding hydrogens is 476 g/mol. The average Bonchev–Trinajstić information content (AvgIpc) is 3.33. The molecule has 2 saturated heterocycles. The Balaban J connectivity index is 1.48. The monoisotopic (exact) mass is 508 g/mol. The van der Waals surface area contributed by atoms with Crippen molar-refractivity contribution in [2.75, 3.05) is 32.4 Å². The fraction of sp³-hybridized carbons (Fsp3) is 0.609. The van der Waals surface area contributed by atoms with Crippen LogP contribution in [-0.2, 0) is 27.8 Å². The normalized spacial score (nSPS) is 20.2. The highest BCUT2D eigenvalue weighted by molar-refractivity contribution is 7.88. The number of hydrogen-bond acceptors (Lipinski definition) is 6. The Labute approximate surface area is 206 Å². The molecule has 0 saturated carbocycles. The molecule has 0 spiro atoms. The smallest absolute Gasteiger partial charge is 0.241 e. The first-order chi connectivity index (χ1) is 16.2. The molecule has 4 rings (SSSR count). The molecule has 2 aliphatic rings. The maximum absolute atomic E-state index is 13.5. The van der Waals surface area contributed by atoms with Crippen LogP contribution in [0, 0.1) is 11.3 Å². The largest absolute Gasteiger partial charge is 0.341 e. The number of hydrogen-bond donors (Lipinski definition) is 2. The molecule has 1 atom stereocenters. The van der Waals surface area contributed by atoms with Gasteiger partial charge < -0.3 is 10.2 Å². The summed E-state index contributed by atoms with van der Waals surface area (Å²) in [6.45, 7) is 4.00. The highest BCUT2D eigenvalue weighted by atomic mass is 35.5. The van der Waals surface area contributed by atoms with Crippen molar-refractivity contribution in [1.29, 1.82) is 0 Å². The lowest BCUT2D eigenvalue weighted by Crippen LogP contribution is -2.55. The van der Waals surface area contributed by atoms with E-state index in [9.17, 15) is 13.2 Å². The number of aromatic nitrogens is 3. The van der Waals surface area contributed by atoms with Crippen LogP contribution in [-0.4, -0.2) is 72.5 Å². The van der Waals surface area contributed by atoms with Crippen molar-refractivity contribution in [3.05, 3.63) is 47.5 Å². The van der Waals surface area contributed by atoms with Gasteiger partial charge in [-0.25, -0.2) is 18.1 Å². The number of halogens is 1. The Kier molecular flexibility index (Phi) is 7.91. The second-order valence-electron chi connectivity index (χ2n) is 9.58. The summed E-state index contributed by atoms with van der Waals surface area (Å²) in [5.41, 5.74) is 0.897. The third-order valence-corrected chi connectivity index (χ3v) is 8.19. The van der Waals surface area contributed by atoms with Crippen LogP contribution in [0.1, 0.15) is 31.2 Å². The fourth-order valence-corrected chi connectivity index (χ4v) is 6.28. The van der Waals surface area contributed by atoms with Gasteiger partial charge in [0, 0.05) is 24.7 Å². The number of piperidine rings is 2. The van der Waals surface area contributed by atoms with Crippen molar-refractivity contribution >= 4 is 27.5 Å². The van der Waals surface area contributed by atoms with Crippen LogP contribution < -0.4 is 10.0 Å². The number of amides is 1. The molecule has 9 nitrogen and oxygen atoms in total. The lowest BCUT2D eigenvalue weighted by Gasteiger charge is -2.48. The van der Waals surface area contributed by atoms with Crippen molar-refractivity contribution in [3.63, 3.8) is 0 Å². The molecule has 2 N–H and O–H groups in total. The number of carbonyl (C=O) groups excluding carboxylic acids is 1. The SMILES string of the molecule is CS(=O)(=O)N[C@@H](Cc1ccc(Cl)cc1)C(=O)N1CCC(Cn2cncn2)(C2CCNCC2)CC1. The summed E-state index contributed by atoms with van der Waals surface area (Å²) in [6.07, 6.45) is 8.62. The van der Waals surface area contributed by atoms with Crippen molar-refractivity contribution in [2.24, 2.45) is 11.3 Å². The number of nitrogens with one attached hydrogen (secondary N) is 2. The molecule has 34 heavy (non-hydrogen) atoms. The number of benzene rings is 1. The first-order valence-corrected chi connectivity index (χ1v) is 14.0. The lowest BCUT2D eigenvalue weighted by atomic mass is 9.65. The topological polar surface area (TPSA) is 109 Å². The average molecular weight is 509 g/mol. The van der Waals surface area contributed by atoms with Crippen molar-refractivity contribution in [2.45, 2.75) is 44.7 Å². The Bertz CT molecular complexity index is 1050. The summed E-state index contributed by atoms with van der Waals surface area (Å²) >= 11 is 5.98. The molecule has 11 heteroatoms. The minimum atomic E-state index is -3.56. The molecular formula is C23H33ClN6O3S. The Morgan fingerprint density at radius 2 is 1.91 bits per heavy atom. The highest BCUT2D eigenvalue weighted by Crippen LogP contribution is 2.44. The molecule has 1 aromatic carbocycles. The summed E-state index contributed by atoms with van der Waals surface area (Å²) in [5.74, 6) is 0.370. The van der Waals surface area contributed by atoms with Gasteiger partial charge in [-0.1, -0.05) is 23.7 Å². The predicted octanol–water partition coefficient (Wildman–Crippen LogP) is 1.70. The van der Waals surface area contributed by atoms with Gasteiger partial charge in [0.15, 0.2) is 0 Å². The van der Waals surface area contributed by atoms with Crippen molar-refractivity contribution in [3.8, 4) is 0 Å². The van der Waals surface area contributed by atoms with E-state index in [-0.39, 0.29) is 17.7 Å². The molecule has 0 aliphatic carbocycles. The molecule has 2 aromatic rings. The zero-order valence-corrected chi connectivity index (χ0v) is 21.1. The third kappa shape index (κ3) is 6.35. The second-order valence-corrected chi connectivity index (χ2v) is 11.8. The van der Waals surface area contributed by atoms with Crippen LogP contribution in [0.25, 0.3) is 0 Å². The molecule has 1 aromatic heterocycles. The molecule has 3 heterocycles. The van der Waals surface area contributed by atoms with E-state index in [0.717, 1.165) is 57.1 Å². The van der Waals surface area contributed by atoms with E-state index in [4.69, 9.17) is 11.6 Å². The van der Waals surface area contributed by atoms with Gasteiger partial charge in [0.1, 0.15) is 18.7 Å². The number of carbonyl (C=O) groups is 1. The summed E-state index contributed by atoms with van der Waals surface area (Å²) < 4.78 is 28.5. The lowest BCUT2D eigenvalue weighted by molar-refractivity contribution is -0.136. The minimum absolute atomic E-state index is 0.0442. The first kappa shape index (κ1) is 25.1. The summed E-state index contributed by atoms with van der Waals surface area (Å²) in [6, 6.07) is 6.29. The zero-order chi connectivity index (χ0) is 24.2. The summed E-state index contributed by atoms with van der Waals surface area (Å²) in [5, 5.41) is 8.39. The molecule has 1 amide bonds. The van der Waals surface area contributed by atoms with E-state index < -0.39 is 16.1 Å². The van der Waals surface area contributed by atoms with Gasteiger partial charge >= 0.3 is 0 Å². The Morgan fingerprint density at radius 3 is 2.50 bits per heavy atom. The quantitative estimate of drug-likeness (QED) is 0.561. The third-order valence-electron chi connectivity index (χ3n) is 7.23. The molecule has 2 fully saturated rings. The van der Waals surface area contributed by atoms with Crippen LogP contribution in [0.15, 0.2) is 36.9 Å². The van der Waals surface area contributed by atoms with Crippen molar-refractivity contribution < 1.29 is 13.2 Å². The minimum Gasteiger partial charge on any atom is -0.341 e. The number of nitrogens with zero attached hydrogens (tertiary/aromatic N) is 4. The van der Waals surface area contributed by atoms with Gasteiger partial charge in [-0.05, 0) is 74.2 Å². The molecule has 0 unspecified atom stereocenters. The van der Waals surface area contributed by atoms with Crippen molar-refractivity contribution in [1.82, 2.24) is 29.7 Å². The predicted molar refractivity (Wildman–Crippen MR) is 131 cm³/mol. The van der Waals surface area contributed by atoms with E-state index in [2.05, 4.69) is 20.1 Å². The van der Waals surface area contributed by atoms with Crippen LogP contribution in [0.5, 0.6) is 0 Å². The van der Waals surface area contributed by atoms with E-state index in [0.29, 0.717) is 24.0 Å². The molecule has 0 radical (unpaired) electrons. The number of rotatable bonds is 8. The van der Waals surface area contributed by atoms with E-state index in [1.807, 2.05) is 21.7 Å². The van der Waals surface area contributed by atoms with Gasteiger partial charge in [0.25, 0.3) is 0 Å². The molecule has 2 aliphatic heterocycles. The maximum Gasteiger partial charge on any atom is 0.241 e. The highest BCUT2D eigenvalue weighted by Gasteiger charge is 2.43. The van der Waals surface area contributed by atoms with E-state index in [1.165, 1.54) is 0 Å². The summed E-state index contributed by atoms with van der Waals surface area (Å²) in [4.78, 5) is 19.4. The van der Waals surface area contributed by atoms with E-state index in [1.54, 1.807) is 24.8 Å². The van der Waals surface area contributed by atoms with Crippen LogP contribution in [0.3, 0.4) is 0 Å². The number of likely N-dealkylation sites (tertiary alicyclic amines) is 1. The van der Waals surface area contributed by atoms with Gasteiger partial charge in [-0.2, -0.15) is 5.10 Å². The van der Waals surface area contributed by atoms with Gasteiger partial charge in [-0.15, -0.1) is 0 Å². The van der Waals surface area contributed by atoms with Gasteiger partial charge in [-0.3, -0.25) is 9.48 Å². The first-order valence-electron chi connectivity index (χ1n) is 11.8. The number of sulfonamides is 1. The standard InChI is InChI=1S/C23H33ClN6O3S/c1-34(32,33)28-21(14-18-2-4-20(24)5-3-18)22(31)29-12-8-23(9-13-29,15-30-17-26-16-27-30)19-6-10-25-11-7-19/h2-5,16-17,19,21,25,28H,6-15H2,1H3/t21-/m0/s1. The summed E-state index contributed by atoms with van der Waals surface area (Å²) in [7, 11) is -3.56. The van der Waals surface area contributed by atoms with Crippen LogP contribution in [0.4, 0.5) is 0 Å². The Hall–Kier alpha value is -2.01. The fourth-order valence-electron chi connectivity index (χ4n) is 5.45. The maximum atomic E-state index is 13.5. The van der Waals surface area contributed by atoms with E-state index >= 15 is 0 Å². The van der Waals surface area contributed by atoms with Gasteiger partial charge in [0.2, 0.25) is 15.9 Å². The Morgan fingerprint density at radius 1 is 1.24 bits per heavy atom. The molecule has 186 valence electrons. The zero-order valence-electron chi connectivity index (χ0n) is 19.5. The molecule has 0 bridgehead atoms. The van der Waals surface area contributed by atoms with Gasteiger partial charge in [0.05, 0.1) is 6.26 Å². The second kappa shape index (κ2) is 10.7. The van der Waals surface area contributed by atoms with Crippen LogP contribution >= 0.6 is 11.6 Å². The van der Waals surface area contributed by atoms with Crippen LogP contribution in [0.2, 0.25) is 5.02 Å².